The zero-order valence-corrected chi connectivity index (χ0v) is 14.8. The van der Waals surface area contributed by atoms with Crippen LogP contribution in [0.4, 0.5) is 0 Å². The topological polar surface area (TPSA) is 64.0 Å². The maximum absolute atomic E-state index is 5.25. The largest absolute Gasteiger partial charge is 0.383 e. The highest BCUT2D eigenvalue weighted by atomic mass is 16.5. The molecule has 1 aliphatic rings. The van der Waals surface area contributed by atoms with E-state index in [2.05, 4.69) is 38.6 Å². The summed E-state index contributed by atoms with van der Waals surface area (Å²) in [5.74, 6) is 0. The Kier molecular flexibility index (Phi) is 5.06. The molecule has 1 aliphatic heterocycles. The van der Waals surface area contributed by atoms with Gasteiger partial charge in [0.05, 0.1) is 24.3 Å². The van der Waals surface area contributed by atoms with Crippen LogP contribution in [0.1, 0.15) is 6.42 Å². The molecule has 2 atom stereocenters. The van der Waals surface area contributed by atoms with Crippen LogP contribution in [0.25, 0.3) is 22.5 Å². The predicted molar refractivity (Wildman–Crippen MR) is 101 cm³/mol. The molecule has 134 valence electrons. The van der Waals surface area contributed by atoms with Crippen LogP contribution in [0, 0.1) is 0 Å². The molecule has 4 rings (SSSR count). The molecule has 0 aliphatic carbocycles. The van der Waals surface area contributed by atoms with Crippen LogP contribution in [0.3, 0.4) is 0 Å². The third kappa shape index (κ3) is 3.53. The molecule has 0 radical (unpaired) electrons. The Hall–Kier alpha value is -2.54. The molecular weight excluding hydrogens is 326 g/mol. The Balaban J connectivity index is 1.66. The maximum atomic E-state index is 5.25. The van der Waals surface area contributed by atoms with Crippen molar-refractivity contribution in [3.05, 3.63) is 61.2 Å². The van der Waals surface area contributed by atoms with Crippen LogP contribution < -0.4 is 10.9 Å². The van der Waals surface area contributed by atoms with Crippen LogP contribution in [0.5, 0.6) is 0 Å². The van der Waals surface area contributed by atoms with Gasteiger partial charge in [-0.05, 0) is 18.6 Å². The number of nitrogens with zero attached hydrogens (tertiary/aromatic N) is 3. The minimum atomic E-state index is 0.323. The molecule has 1 aromatic carbocycles. The highest BCUT2D eigenvalue weighted by molar-refractivity contribution is 5.78. The lowest BCUT2D eigenvalue weighted by atomic mass is 10.1. The van der Waals surface area contributed by atoms with E-state index >= 15 is 0 Å². The van der Waals surface area contributed by atoms with Crippen molar-refractivity contribution in [2.45, 2.75) is 25.0 Å². The van der Waals surface area contributed by atoms with Gasteiger partial charge in [-0.3, -0.25) is 15.8 Å². The fourth-order valence-corrected chi connectivity index (χ4v) is 3.50. The molecule has 2 aromatic heterocycles. The fourth-order valence-electron chi connectivity index (χ4n) is 3.50. The highest BCUT2D eigenvalue weighted by Gasteiger charge is 2.25. The van der Waals surface area contributed by atoms with Gasteiger partial charge in [-0.15, -0.1) is 0 Å². The maximum Gasteiger partial charge on any atom is 0.0963 e. The number of benzene rings is 1. The molecule has 3 heterocycles. The number of aromatic nitrogens is 3. The smallest absolute Gasteiger partial charge is 0.0963 e. The standard InChI is InChI=1S/C20H23N5O/c1-26-13-18-10-17(23-24-18)12-25-14-22-19(15-6-3-2-4-7-15)20(25)16-8-5-9-21-11-16/h2-9,11,14,17-18,23-24H,10,12-13H2,1H3. The van der Waals surface area contributed by atoms with Crippen LogP contribution >= 0.6 is 0 Å². The van der Waals surface area contributed by atoms with E-state index in [0.717, 1.165) is 35.5 Å². The molecule has 1 saturated heterocycles. The van der Waals surface area contributed by atoms with Gasteiger partial charge in [0.1, 0.15) is 0 Å². The van der Waals surface area contributed by atoms with Crippen LogP contribution in [0.2, 0.25) is 0 Å². The van der Waals surface area contributed by atoms with Crippen LogP contribution in [-0.4, -0.2) is 40.3 Å². The summed E-state index contributed by atoms with van der Waals surface area (Å²) in [7, 11) is 1.73. The number of hydrazine groups is 1. The third-order valence-electron chi connectivity index (χ3n) is 4.67. The Labute approximate surface area is 153 Å². The monoisotopic (exact) mass is 349 g/mol. The highest BCUT2D eigenvalue weighted by Crippen LogP contribution is 2.31. The second-order valence-electron chi connectivity index (χ2n) is 6.58. The Morgan fingerprint density at radius 2 is 1.88 bits per heavy atom. The SMILES string of the molecule is COCC1CC(Cn2cnc(-c3ccccc3)c2-c2cccnc2)NN1. The molecule has 6 nitrogen and oxygen atoms in total. The zero-order valence-electron chi connectivity index (χ0n) is 14.8. The summed E-state index contributed by atoms with van der Waals surface area (Å²) in [6, 6.07) is 15.0. The van der Waals surface area contributed by atoms with Crippen molar-refractivity contribution >= 4 is 0 Å². The van der Waals surface area contributed by atoms with Gasteiger partial charge < -0.3 is 9.30 Å². The summed E-state index contributed by atoms with van der Waals surface area (Å²) in [6.45, 7) is 1.54. The van der Waals surface area contributed by atoms with Crippen LogP contribution in [0.15, 0.2) is 61.2 Å². The van der Waals surface area contributed by atoms with Crippen molar-refractivity contribution in [3.63, 3.8) is 0 Å². The third-order valence-corrected chi connectivity index (χ3v) is 4.67. The number of rotatable bonds is 6. The van der Waals surface area contributed by atoms with Gasteiger partial charge in [-0.2, -0.15) is 0 Å². The van der Waals surface area contributed by atoms with Crippen molar-refractivity contribution in [2.75, 3.05) is 13.7 Å². The van der Waals surface area contributed by atoms with Crippen molar-refractivity contribution in [1.29, 1.82) is 0 Å². The lowest BCUT2D eigenvalue weighted by molar-refractivity contribution is 0.171. The molecular formula is C20H23N5O. The summed E-state index contributed by atoms with van der Waals surface area (Å²) in [5.41, 5.74) is 10.9. The lowest BCUT2D eigenvalue weighted by Crippen LogP contribution is -2.36. The summed E-state index contributed by atoms with van der Waals surface area (Å²) in [5, 5.41) is 0. The number of hydrogen-bond donors (Lipinski definition) is 2. The fraction of sp³-hybridized carbons (Fsp3) is 0.300. The van der Waals surface area contributed by atoms with Gasteiger partial charge in [0.2, 0.25) is 0 Å². The zero-order chi connectivity index (χ0) is 17.8. The molecule has 0 saturated carbocycles. The normalized spacial score (nSPS) is 19.7. The first-order chi connectivity index (χ1) is 12.8. The number of hydrogen-bond acceptors (Lipinski definition) is 5. The van der Waals surface area contributed by atoms with Gasteiger partial charge in [-0.1, -0.05) is 30.3 Å². The second-order valence-corrected chi connectivity index (χ2v) is 6.58. The first kappa shape index (κ1) is 16.9. The summed E-state index contributed by atoms with van der Waals surface area (Å²) in [6.07, 6.45) is 6.63. The minimum absolute atomic E-state index is 0.323. The van der Waals surface area contributed by atoms with Crippen LogP contribution in [-0.2, 0) is 11.3 Å². The van der Waals surface area contributed by atoms with Gasteiger partial charge in [-0.25, -0.2) is 4.98 Å². The van der Waals surface area contributed by atoms with Crippen molar-refractivity contribution < 1.29 is 4.74 Å². The first-order valence-corrected chi connectivity index (χ1v) is 8.86. The summed E-state index contributed by atoms with van der Waals surface area (Å²) < 4.78 is 7.47. The number of ether oxygens (including phenoxy) is 1. The Morgan fingerprint density at radius 3 is 2.65 bits per heavy atom. The average molecular weight is 349 g/mol. The molecule has 0 bridgehead atoms. The number of methoxy groups -OCH3 is 1. The Bertz CT molecular complexity index is 834. The number of nitrogens with one attached hydrogen (secondary N) is 2. The molecule has 3 aromatic rings. The second kappa shape index (κ2) is 7.78. The van der Waals surface area contributed by atoms with Gasteiger partial charge in [0.25, 0.3) is 0 Å². The van der Waals surface area contributed by atoms with E-state index in [1.807, 2.05) is 36.8 Å². The van der Waals surface area contributed by atoms with Crippen molar-refractivity contribution in [2.24, 2.45) is 0 Å². The van der Waals surface area contributed by atoms with Gasteiger partial charge in [0, 0.05) is 49.3 Å². The molecule has 0 amide bonds. The molecule has 1 fully saturated rings. The van der Waals surface area contributed by atoms with E-state index in [-0.39, 0.29) is 0 Å². The predicted octanol–water partition coefficient (Wildman–Crippen LogP) is 2.49. The number of pyridine rings is 1. The summed E-state index contributed by atoms with van der Waals surface area (Å²) in [4.78, 5) is 9.02. The molecule has 6 heteroatoms. The van der Waals surface area contributed by atoms with Crippen molar-refractivity contribution in [1.82, 2.24) is 25.4 Å². The lowest BCUT2D eigenvalue weighted by Gasteiger charge is -2.14. The minimum Gasteiger partial charge on any atom is -0.383 e. The van der Waals surface area contributed by atoms with E-state index in [4.69, 9.17) is 9.72 Å². The Morgan fingerprint density at radius 1 is 1.08 bits per heavy atom. The molecule has 26 heavy (non-hydrogen) atoms. The first-order valence-electron chi connectivity index (χ1n) is 8.86. The van der Waals surface area contributed by atoms with Gasteiger partial charge in [0.15, 0.2) is 0 Å². The molecule has 2 unspecified atom stereocenters. The van der Waals surface area contributed by atoms with Gasteiger partial charge >= 0.3 is 0 Å². The molecule has 0 spiro atoms. The quantitative estimate of drug-likeness (QED) is 0.716. The van der Waals surface area contributed by atoms with E-state index in [0.29, 0.717) is 18.7 Å². The summed E-state index contributed by atoms with van der Waals surface area (Å²) >= 11 is 0. The van der Waals surface area contributed by atoms with E-state index in [9.17, 15) is 0 Å². The van der Waals surface area contributed by atoms with E-state index in [1.165, 1.54) is 0 Å². The van der Waals surface area contributed by atoms with Crippen molar-refractivity contribution in [3.8, 4) is 22.5 Å². The van der Waals surface area contributed by atoms with E-state index in [1.54, 1.807) is 13.3 Å². The number of imidazole rings is 1. The average Bonchev–Trinajstić information content (AvgIpc) is 3.31. The van der Waals surface area contributed by atoms with E-state index < -0.39 is 0 Å². The molecule has 2 N–H and O–H groups in total.